The van der Waals surface area contributed by atoms with E-state index in [0.717, 1.165) is 131 Å². The lowest BCUT2D eigenvalue weighted by atomic mass is 9.84. The van der Waals surface area contributed by atoms with E-state index in [1.165, 1.54) is 11.1 Å². The highest BCUT2D eigenvalue weighted by Crippen LogP contribution is 2.50. The molecule has 0 atom stereocenters. The van der Waals surface area contributed by atoms with Crippen molar-refractivity contribution in [3.05, 3.63) is 96.1 Å². The summed E-state index contributed by atoms with van der Waals surface area (Å²) in [6.45, 7) is 9.29. The van der Waals surface area contributed by atoms with Gasteiger partial charge in [-0.25, -0.2) is 9.59 Å². The molecule has 0 spiro atoms. The minimum absolute atomic E-state index is 0.320. The van der Waals surface area contributed by atoms with E-state index in [9.17, 15) is 9.59 Å². The predicted molar refractivity (Wildman–Crippen MR) is 222 cm³/mol. The number of ether oxygens (including phenoxy) is 4. The van der Waals surface area contributed by atoms with Gasteiger partial charge in [0.25, 0.3) is 0 Å². The molecule has 0 amide bonds. The fraction of sp³-hybridized carbons (Fsp3) is 0.375. The number of aryl methyl sites for hydroxylation is 2. The zero-order valence-corrected chi connectivity index (χ0v) is 32.4. The maximum atomic E-state index is 13.2. The monoisotopic (exact) mass is 726 g/mol. The number of carbonyl (C=O) groups is 2. The molecule has 0 radical (unpaired) electrons. The molecule has 282 valence electrons. The van der Waals surface area contributed by atoms with E-state index in [4.69, 9.17) is 18.9 Å². The van der Waals surface area contributed by atoms with Crippen molar-refractivity contribution in [1.82, 2.24) is 0 Å². The van der Waals surface area contributed by atoms with Crippen LogP contribution in [0.15, 0.2) is 84.9 Å². The van der Waals surface area contributed by atoms with Gasteiger partial charge in [0.05, 0.1) is 13.2 Å². The van der Waals surface area contributed by atoms with Gasteiger partial charge in [-0.2, -0.15) is 0 Å². The Morgan fingerprint density at radius 3 is 1.19 bits per heavy atom. The first-order valence-electron chi connectivity index (χ1n) is 20.1. The van der Waals surface area contributed by atoms with Crippen LogP contribution in [0, 0.1) is 0 Å². The Kier molecular flexibility index (Phi) is 13.4. The zero-order chi connectivity index (χ0) is 37.9. The molecule has 54 heavy (non-hydrogen) atoms. The van der Waals surface area contributed by atoms with E-state index in [1.807, 2.05) is 36.4 Å². The van der Waals surface area contributed by atoms with Gasteiger partial charge < -0.3 is 18.9 Å². The van der Waals surface area contributed by atoms with Gasteiger partial charge in [0.1, 0.15) is 11.5 Å². The Bertz CT molecular complexity index is 2080. The van der Waals surface area contributed by atoms with E-state index in [0.29, 0.717) is 24.7 Å². The van der Waals surface area contributed by atoms with Crippen LogP contribution in [0.3, 0.4) is 0 Å². The van der Waals surface area contributed by atoms with Gasteiger partial charge in [-0.15, -0.1) is 0 Å². The highest BCUT2D eigenvalue weighted by atomic mass is 16.7. The molecule has 0 saturated heterocycles. The van der Waals surface area contributed by atoms with Crippen molar-refractivity contribution in [2.45, 2.75) is 105 Å². The van der Waals surface area contributed by atoms with E-state index in [-0.39, 0.29) is 0 Å². The van der Waals surface area contributed by atoms with Crippen molar-refractivity contribution in [1.29, 1.82) is 0 Å². The van der Waals surface area contributed by atoms with E-state index in [1.54, 1.807) is 0 Å². The summed E-state index contributed by atoms with van der Waals surface area (Å²) in [6.07, 6.45) is 10.4. The van der Waals surface area contributed by atoms with Gasteiger partial charge in [-0.1, -0.05) is 151 Å². The molecular weight excluding hydrogens is 673 g/mol. The third-order valence-corrected chi connectivity index (χ3v) is 10.3. The number of unbranched alkanes of at least 4 members (excludes halogenated alkanes) is 6. The normalized spacial score (nSPS) is 11.4. The summed E-state index contributed by atoms with van der Waals surface area (Å²) in [5.41, 5.74) is 4.53. The van der Waals surface area contributed by atoms with Crippen molar-refractivity contribution >= 4 is 55.4 Å². The summed E-state index contributed by atoms with van der Waals surface area (Å²) in [5, 5.41) is 7.22. The van der Waals surface area contributed by atoms with Crippen molar-refractivity contribution < 1.29 is 28.5 Å². The van der Waals surface area contributed by atoms with Crippen LogP contribution in [-0.2, 0) is 22.3 Å². The highest BCUT2D eigenvalue weighted by Gasteiger charge is 2.25. The molecule has 0 aromatic heterocycles. The van der Waals surface area contributed by atoms with Crippen molar-refractivity contribution in [2.75, 3.05) is 13.2 Å². The third kappa shape index (κ3) is 8.65. The number of hydrogen-bond acceptors (Lipinski definition) is 6. The zero-order valence-electron chi connectivity index (χ0n) is 32.4. The lowest BCUT2D eigenvalue weighted by Crippen LogP contribution is -2.12. The van der Waals surface area contributed by atoms with E-state index < -0.39 is 12.3 Å². The Morgan fingerprint density at radius 1 is 0.426 bits per heavy atom. The molecule has 0 heterocycles. The molecule has 6 aromatic carbocycles. The van der Waals surface area contributed by atoms with Crippen LogP contribution in [0.4, 0.5) is 9.59 Å². The topological polar surface area (TPSA) is 71.1 Å². The predicted octanol–water partition coefficient (Wildman–Crippen LogP) is 14.1. The highest BCUT2D eigenvalue weighted by molar-refractivity contribution is 6.27. The van der Waals surface area contributed by atoms with E-state index in [2.05, 4.69) is 76.2 Å². The molecule has 6 heteroatoms. The van der Waals surface area contributed by atoms with Crippen LogP contribution >= 0.6 is 0 Å². The van der Waals surface area contributed by atoms with Gasteiger partial charge in [0.2, 0.25) is 0 Å². The molecule has 0 unspecified atom stereocenters. The lowest BCUT2D eigenvalue weighted by molar-refractivity contribution is 0.0973. The van der Waals surface area contributed by atoms with Crippen LogP contribution in [0.25, 0.3) is 54.2 Å². The van der Waals surface area contributed by atoms with Crippen molar-refractivity contribution in [3.8, 4) is 22.6 Å². The van der Waals surface area contributed by atoms with E-state index >= 15 is 0 Å². The molecule has 6 aromatic rings. The minimum atomic E-state index is -0.695. The first kappa shape index (κ1) is 38.6. The number of fused-ring (bicyclic) bond motifs is 4. The largest absolute Gasteiger partial charge is 0.513 e. The third-order valence-electron chi connectivity index (χ3n) is 10.3. The minimum Gasteiger partial charge on any atom is -0.434 e. The molecule has 0 saturated carbocycles. The standard InChI is InChI=1S/C48H54O6/c1-5-9-17-29-51-47(49)53-45-37-23-15-13-21-35(37)43(41-31-33(19-11-7-3)25-27-39(41)45)44-36-22-14-16-24-38(36)46(54-48(50)52-30-18-10-6-2)40-28-26-34(20-12-8-4)32-42(40)44/h13-16,21-28,31-32H,5-12,17-20,29-30H2,1-4H3. The second kappa shape index (κ2) is 18.8. The van der Waals surface area contributed by atoms with Gasteiger partial charge in [0.15, 0.2) is 0 Å². The van der Waals surface area contributed by atoms with Crippen molar-refractivity contribution in [3.63, 3.8) is 0 Å². The fourth-order valence-electron chi connectivity index (χ4n) is 7.44. The summed E-state index contributed by atoms with van der Waals surface area (Å²) in [7, 11) is 0. The van der Waals surface area contributed by atoms with Gasteiger partial charge in [-0.3, -0.25) is 0 Å². The summed E-state index contributed by atoms with van der Waals surface area (Å²) >= 11 is 0. The summed E-state index contributed by atoms with van der Waals surface area (Å²) in [4.78, 5) is 26.5. The summed E-state index contributed by atoms with van der Waals surface area (Å²) in [6, 6.07) is 29.3. The Hall–Kier alpha value is -5.10. The molecule has 0 N–H and O–H groups in total. The van der Waals surface area contributed by atoms with Gasteiger partial charge >= 0.3 is 12.3 Å². The Balaban J connectivity index is 1.65. The molecule has 6 rings (SSSR count). The number of carbonyl (C=O) groups excluding carboxylic acids is 2. The molecule has 0 fully saturated rings. The maximum Gasteiger partial charge on any atom is 0.513 e. The smallest absolute Gasteiger partial charge is 0.434 e. The Labute approximate surface area is 319 Å². The lowest BCUT2D eigenvalue weighted by Gasteiger charge is -2.22. The van der Waals surface area contributed by atoms with Crippen LogP contribution in [0.1, 0.15) is 103 Å². The first-order valence-corrected chi connectivity index (χ1v) is 20.1. The van der Waals surface area contributed by atoms with Crippen LogP contribution in [0.5, 0.6) is 11.5 Å². The fourth-order valence-corrected chi connectivity index (χ4v) is 7.44. The van der Waals surface area contributed by atoms with Gasteiger partial charge in [0, 0.05) is 21.5 Å². The summed E-state index contributed by atoms with van der Waals surface area (Å²) < 4.78 is 23.4. The van der Waals surface area contributed by atoms with Crippen LogP contribution in [-0.4, -0.2) is 25.5 Å². The molecule has 0 aliphatic rings. The maximum absolute atomic E-state index is 13.2. The first-order chi connectivity index (χ1) is 26.5. The molecular formula is C48H54O6. The van der Waals surface area contributed by atoms with Gasteiger partial charge in [-0.05, 0) is 82.3 Å². The quantitative estimate of drug-likeness (QED) is 0.0403. The molecule has 0 bridgehead atoms. The second-order valence-corrected chi connectivity index (χ2v) is 14.3. The molecule has 0 aliphatic carbocycles. The van der Waals surface area contributed by atoms with Crippen LogP contribution < -0.4 is 9.47 Å². The number of hydrogen-bond donors (Lipinski definition) is 0. The molecule has 0 aliphatic heterocycles. The number of rotatable bonds is 17. The SMILES string of the molecule is CCCCCOC(=O)Oc1c2ccccc2c(-c2c3ccccc3c(OC(=O)OCCCCC)c3ccc(CCCC)cc23)c2cc(CCCC)ccc12. The summed E-state index contributed by atoms with van der Waals surface area (Å²) in [5.74, 6) is 0.991. The van der Waals surface area contributed by atoms with Crippen LogP contribution in [0.2, 0.25) is 0 Å². The number of benzene rings is 6. The average Bonchev–Trinajstić information content (AvgIpc) is 3.20. The average molecular weight is 727 g/mol. The van der Waals surface area contributed by atoms with Crippen molar-refractivity contribution in [2.24, 2.45) is 0 Å². The second-order valence-electron chi connectivity index (χ2n) is 14.3. The molecule has 6 nitrogen and oxygen atoms in total. The Morgan fingerprint density at radius 2 is 0.796 bits per heavy atom.